The molecule has 1 aliphatic rings. The molecule has 0 radical (unpaired) electrons. The van der Waals surface area contributed by atoms with Crippen molar-refractivity contribution in [1.29, 1.82) is 0 Å². The highest BCUT2D eigenvalue weighted by molar-refractivity contribution is 6.04. The van der Waals surface area contributed by atoms with E-state index < -0.39 is 11.4 Å². The number of rotatable bonds is 6. The maximum absolute atomic E-state index is 12.3. The molecule has 1 aliphatic heterocycles. The number of terminal acetylenes is 1. The van der Waals surface area contributed by atoms with Gasteiger partial charge in [-0.3, -0.25) is 9.36 Å². The number of carbonyl (C=O) groups is 1. The van der Waals surface area contributed by atoms with Crippen molar-refractivity contribution in [2.24, 2.45) is 17.3 Å². The van der Waals surface area contributed by atoms with Crippen LogP contribution < -0.4 is 11.1 Å². The van der Waals surface area contributed by atoms with Crippen LogP contribution in [0.4, 0.5) is 0 Å². The van der Waals surface area contributed by atoms with Crippen molar-refractivity contribution in [3.05, 3.63) is 34.3 Å². The quantitative estimate of drug-likeness (QED) is 0.825. The molecule has 2 heterocycles. The molecule has 0 saturated carbocycles. The van der Waals surface area contributed by atoms with Crippen molar-refractivity contribution in [3.63, 3.8) is 0 Å². The fourth-order valence-electron chi connectivity index (χ4n) is 2.47. The zero-order valence-electron chi connectivity index (χ0n) is 12.7. The Hall–Kier alpha value is -2.88. The van der Waals surface area contributed by atoms with Gasteiger partial charge in [0.25, 0.3) is 5.91 Å². The standard InChI is InChI=1S/C16H16N4O3/c1-3-4-8-16(18-19-16)9-10-17-14(21)11-6-5-7-12-13(11)23-15(22)20(12)2/h1,5-7H,4,8-10H2,2H3,(H,17,21). The number of nitrogens with zero attached hydrogens (tertiary/aromatic N) is 3. The van der Waals surface area contributed by atoms with Gasteiger partial charge in [0.15, 0.2) is 11.2 Å². The molecule has 3 rings (SSSR count). The number of aromatic nitrogens is 1. The minimum Gasteiger partial charge on any atom is -0.407 e. The van der Waals surface area contributed by atoms with Crippen molar-refractivity contribution in [3.8, 4) is 12.3 Å². The molecular formula is C16H16N4O3. The number of fused-ring (bicyclic) bond motifs is 1. The fraction of sp³-hybridized carbons (Fsp3) is 0.375. The molecular weight excluding hydrogens is 296 g/mol. The van der Waals surface area contributed by atoms with Gasteiger partial charge in [0, 0.05) is 32.9 Å². The van der Waals surface area contributed by atoms with Crippen LogP contribution in [0.3, 0.4) is 0 Å². The van der Waals surface area contributed by atoms with Gasteiger partial charge < -0.3 is 9.73 Å². The highest BCUT2D eigenvalue weighted by atomic mass is 16.4. The van der Waals surface area contributed by atoms with Crippen LogP contribution in [0.25, 0.3) is 11.1 Å². The number of nitrogens with one attached hydrogen (secondary N) is 1. The summed E-state index contributed by atoms with van der Waals surface area (Å²) < 4.78 is 6.52. The number of hydrogen-bond acceptors (Lipinski definition) is 5. The average molecular weight is 312 g/mol. The fourth-order valence-corrected chi connectivity index (χ4v) is 2.47. The molecule has 2 aromatic rings. The number of amides is 1. The predicted octanol–water partition coefficient (Wildman–Crippen LogP) is 1.83. The number of oxazole rings is 1. The Morgan fingerprint density at radius 2 is 2.22 bits per heavy atom. The molecule has 1 aromatic carbocycles. The van der Waals surface area contributed by atoms with E-state index in [1.807, 2.05) is 0 Å². The summed E-state index contributed by atoms with van der Waals surface area (Å²) in [5, 5.41) is 10.9. The largest absolute Gasteiger partial charge is 0.419 e. The Labute approximate surface area is 132 Å². The molecule has 0 bridgehead atoms. The van der Waals surface area contributed by atoms with Crippen LogP contribution in [0.2, 0.25) is 0 Å². The first-order valence-corrected chi connectivity index (χ1v) is 7.31. The van der Waals surface area contributed by atoms with Crippen LogP contribution in [0, 0.1) is 12.3 Å². The van der Waals surface area contributed by atoms with Crippen LogP contribution in [-0.2, 0) is 7.05 Å². The Morgan fingerprint density at radius 1 is 1.43 bits per heavy atom. The van der Waals surface area contributed by atoms with Crippen molar-refractivity contribution in [2.45, 2.75) is 24.9 Å². The Bertz CT molecular complexity index is 879. The molecule has 7 heteroatoms. The molecule has 0 spiro atoms. The van der Waals surface area contributed by atoms with Crippen molar-refractivity contribution in [1.82, 2.24) is 9.88 Å². The first kappa shape index (κ1) is 15.0. The van der Waals surface area contributed by atoms with Gasteiger partial charge in [-0.2, -0.15) is 10.2 Å². The highest BCUT2D eigenvalue weighted by Gasteiger charge is 2.38. The molecule has 0 atom stereocenters. The summed E-state index contributed by atoms with van der Waals surface area (Å²) >= 11 is 0. The summed E-state index contributed by atoms with van der Waals surface area (Å²) in [5.41, 5.74) is 0.786. The Balaban J connectivity index is 1.67. The average Bonchev–Trinajstić information content (AvgIpc) is 3.26. The molecule has 0 aliphatic carbocycles. The third kappa shape index (κ3) is 2.88. The van der Waals surface area contributed by atoms with Gasteiger partial charge in [-0.15, -0.1) is 12.3 Å². The van der Waals surface area contributed by atoms with E-state index in [2.05, 4.69) is 21.5 Å². The second-order valence-corrected chi connectivity index (χ2v) is 5.47. The number of aryl methyl sites for hydroxylation is 1. The smallest absolute Gasteiger partial charge is 0.407 e. The van der Waals surface area contributed by atoms with E-state index in [1.165, 1.54) is 4.57 Å². The number of benzene rings is 1. The molecule has 7 nitrogen and oxygen atoms in total. The lowest BCUT2D eigenvalue weighted by Crippen LogP contribution is -2.28. The maximum atomic E-state index is 12.3. The zero-order chi connectivity index (χ0) is 16.4. The van der Waals surface area contributed by atoms with E-state index in [0.29, 0.717) is 42.5 Å². The summed E-state index contributed by atoms with van der Waals surface area (Å²) in [6.45, 7) is 0.420. The summed E-state index contributed by atoms with van der Waals surface area (Å²) in [6.07, 6.45) is 7.15. The van der Waals surface area contributed by atoms with Gasteiger partial charge in [0.1, 0.15) is 0 Å². The zero-order valence-corrected chi connectivity index (χ0v) is 12.7. The number of para-hydroxylation sites is 1. The number of carbonyl (C=O) groups excluding carboxylic acids is 1. The minimum absolute atomic E-state index is 0.292. The van der Waals surface area contributed by atoms with Crippen LogP contribution in [-0.4, -0.2) is 22.7 Å². The molecule has 0 saturated heterocycles. The number of hydrogen-bond donors (Lipinski definition) is 1. The maximum Gasteiger partial charge on any atom is 0.419 e. The Kier molecular flexibility index (Phi) is 3.74. The molecule has 1 amide bonds. The van der Waals surface area contributed by atoms with E-state index in [9.17, 15) is 9.59 Å². The van der Waals surface area contributed by atoms with Crippen LogP contribution in [0.5, 0.6) is 0 Å². The van der Waals surface area contributed by atoms with E-state index in [1.54, 1.807) is 25.2 Å². The SMILES string of the molecule is C#CCCC1(CCNC(=O)c2cccc3c2oc(=O)n3C)N=N1. The van der Waals surface area contributed by atoms with Crippen molar-refractivity contribution < 1.29 is 9.21 Å². The third-order valence-corrected chi connectivity index (χ3v) is 3.93. The Morgan fingerprint density at radius 3 is 2.91 bits per heavy atom. The van der Waals surface area contributed by atoms with E-state index >= 15 is 0 Å². The lowest BCUT2D eigenvalue weighted by molar-refractivity contribution is 0.0952. The topological polar surface area (TPSA) is 89.0 Å². The van der Waals surface area contributed by atoms with Crippen LogP contribution in [0.1, 0.15) is 29.6 Å². The van der Waals surface area contributed by atoms with Crippen molar-refractivity contribution in [2.75, 3.05) is 6.54 Å². The van der Waals surface area contributed by atoms with Gasteiger partial charge >= 0.3 is 5.76 Å². The minimum atomic E-state index is -0.496. The second kappa shape index (κ2) is 5.72. The normalized spacial score (nSPS) is 14.6. The summed E-state index contributed by atoms with van der Waals surface area (Å²) in [5.74, 6) is 1.77. The molecule has 1 aromatic heterocycles. The van der Waals surface area contributed by atoms with Gasteiger partial charge in [-0.05, 0) is 12.1 Å². The lowest BCUT2D eigenvalue weighted by Gasteiger charge is -2.10. The lowest BCUT2D eigenvalue weighted by atomic mass is 10.0. The van der Waals surface area contributed by atoms with Gasteiger partial charge in [-0.1, -0.05) is 6.07 Å². The van der Waals surface area contributed by atoms with Gasteiger partial charge in [0.05, 0.1) is 11.1 Å². The first-order valence-electron chi connectivity index (χ1n) is 7.31. The molecule has 0 fully saturated rings. The molecule has 1 N–H and O–H groups in total. The van der Waals surface area contributed by atoms with Crippen molar-refractivity contribution >= 4 is 17.0 Å². The summed E-state index contributed by atoms with van der Waals surface area (Å²) in [7, 11) is 1.60. The molecule has 0 unspecified atom stereocenters. The van der Waals surface area contributed by atoms with E-state index in [4.69, 9.17) is 10.8 Å². The molecule has 23 heavy (non-hydrogen) atoms. The summed E-state index contributed by atoms with van der Waals surface area (Å²) in [6, 6.07) is 5.07. The van der Waals surface area contributed by atoms with Crippen LogP contribution in [0.15, 0.2) is 37.6 Å². The predicted molar refractivity (Wildman–Crippen MR) is 84.1 cm³/mol. The first-order chi connectivity index (χ1) is 11.1. The van der Waals surface area contributed by atoms with Crippen LogP contribution >= 0.6 is 0 Å². The van der Waals surface area contributed by atoms with E-state index in [0.717, 1.165) is 0 Å². The highest BCUT2D eigenvalue weighted by Crippen LogP contribution is 2.36. The second-order valence-electron chi connectivity index (χ2n) is 5.47. The van der Waals surface area contributed by atoms with Gasteiger partial charge in [0.2, 0.25) is 0 Å². The molecule has 118 valence electrons. The van der Waals surface area contributed by atoms with Gasteiger partial charge in [-0.25, -0.2) is 4.79 Å². The third-order valence-electron chi connectivity index (χ3n) is 3.93. The van der Waals surface area contributed by atoms with E-state index in [-0.39, 0.29) is 5.91 Å². The summed E-state index contributed by atoms with van der Waals surface area (Å²) in [4.78, 5) is 23.9. The monoisotopic (exact) mass is 312 g/mol.